The molecule has 0 amide bonds. The number of nitrogens with zero attached hydrogens (tertiary/aromatic N) is 2. The molecule has 3 aromatic rings. The van der Waals surface area contributed by atoms with Gasteiger partial charge in [0.25, 0.3) is 10.0 Å². The second kappa shape index (κ2) is 8.50. The van der Waals surface area contributed by atoms with Crippen molar-refractivity contribution in [3.8, 4) is 0 Å². The molecule has 3 rings (SSSR count). The molecule has 0 atom stereocenters. The Morgan fingerprint density at radius 3 is 2.47 bits per heavy atom. The van der Waals surface area contributed by atoms with Crippen molar-refractivity contribution in [1.82, 2.24) is 5.16 Å². The van der Waals surface area contributed by atoms with E-state index in [-0.39, 0.29) is 22.0 Å². The number of hydrogen-bond acceptors (Lipinski definition) is 6. The van der Waals surface area contributed by atoms with Crippen LogP contribution in [0.2, 0.25) is 0 Å². The molecule has 1 N–H and O–H groups in total. The third kappa shape index (κ3) is 4.57. The zero-order valence-corrected chi connectivity index (χ0v) is 17.6. The topological polar surface area (TPSA) is 115 Å². The summed E-state index contributed by atoms with van der Waals surface area (Å²) in [6.45, 7) is 5.21. The van der Waals surface area contributed by atoms with Crippen molar-refractivity contribution in [2.45, 2.75) is 32.1 Å². The Balaban J connectivity index is 1.90. The van der Waals surface area contributed by atoms with Gasteiger partial charge in [-0.3, -0.25) is 14.8 Å². The summed E-state index contributed by atoms with van der Waals surface area (Å²) in [6, 6.07) is 12.1. The third-order valence-electron chi connectivity index (χ3n) is 4.58. The first-order valence-corrected chi connectivity index (χ1v) is 10.7. The SMILES string of the molecule is CCc1ccc(NS(=O)(=O)c2cc(C=Cc3onc(C)c3[N+](=O)[O-])ccc2C)cc1. The van der Waals surface area contributed by atoms with Crippen LogP contribution in [0.15, 0.2) is 51.9 Å². The van der Waals surface area contributed by atoms with Gasteiger partial charge in [0, 0.05) is 5.69 Å². The Kier molecular flexibility index (Phi) is 6.02. The van der Waals surface area contributed by atoms with E-state index in [4.69, 9.17) is 4.52 Å². The van der Waals surface area contributed by atoms with Gasteiger partial charge in [-0.1, -0.05) is 42.4 Å². The molecule has 0 aliphatic rings. The average Bonchev–Trinajstić information content (AvgIpc) is 3.08. The van der Waals surface area contributed by atoms with Gasteiger partial charge in [-0.15, -0.1) is 0 Å². The summed E-state index contributed by atoms with van der Waals surface area (Å²) in [5, 5.41) is 14.7. The maximum absolute atomic E-state index is 12.9. The van der Waals surface area contributed by atoms with Crippen LogP contribution in [0.5, 0.6) is 0 Å². The van der Waals surface area contributed by atoms with Crippen LogP contribution in [0.3, 0.4) is 0 Å². The van der Waals surface area contributed by atoms with E-state index in [1.165, 1.54) is 19.1 Å². The molecule has 1 aromatic heterocycles. The van der Waals surface area contributed by atoms with Crippen LogP contribution < -0.4 is 4.72 Å². The highest BCUT2D eigenvalue weighted by atomic mass is 32.2. The minimum Gasteiger partial charge on any atom is -0.349 e. The van der Waals surface area contributed by atoms with Crippen LogP contribution in [0.25, 0.3) is 12.2 Å². The maximum Gasteiger partial charge on any atom is 0.338 e. The molecule has 0 aliphatic heterocycles. The minimum absolute atomic E-state index is 0.00313. The highest BCUT2D eigenvalue weighted by Gasteiger charge is 2.22. The zero-order valence-electron chi connectivity index (χ0n) is 16.7. The van der Waals surface area contributed by atoms with Crippen LogP contribution in [0, 0.1) is 24.0 Å². The van der Waals surface area contributed by atoms with Gasteiger partial charge in [0.05, 0.1) is 9.82 Å². The number of aromatic nitrogens is 1. The van der Waals surface area contributed by atoms with Crippen molar-refractivity contribution >= 4 is 33.6 Å². The molecule has 0 aliphatic carbocycles. The number of nitrogens with one attached hydrogen (secondary N) is 1. The predicted octanol–water partition coefficient (Wildman–Crippen LogP) is 4.73. The first-order valence-electron chi connectivity index (χ1n) is 9.22. The Morgan fingerprint density at radius 2 is 1.83 bits per heavy atom. The summed E-state index contributed by atoms with van der Waals surface area (Å²) in [5.41, 5.74) is 2.66. The Morgan fingerprint density at radius 1 is 1.13 bits per heavy atom. The molecule has 0 bridgehead atoms. The summed E-state index contributed by atoms with van der Waals surface area (Å²) in [4.78, 5) is 10.7. The first kappa shape index (κ1) is 21.3. The normalized spacial score (nSPS) is 11.7. The lowest BCUT2D eigenvalue weighted by Crippen LogP contribution is -2.14. The minimum atomic E-state index is -3.81. The van der Waals surface area contributed by atoms with E-state index in [9.17, 15) is 18.5 Å². The number of hydrogen-bond donors (Lipinski definition) is 1. The predicted molar refractivity (Wildman–Crippen MR) is 115 cm³/mol. The van der Waals surface area contributed by atoms with Crippen molar-refractivity contribution in [3.05, 3.63) is 80.7 Å². The van der Waals surface area contributed by atoms with E-state index >= 15 is 0 Å². The quantitative estimate of drug-likeness (QED) is 0.430. The van der Waals surface area contributed by atoms with Crippen molar-refractivity contribution < 1.29 is 17.9 Å². The van der Waals surface area contributed by atoms with Crippen LogP contribution in [0.4, 0.5) is 11.4 Å². The molecular formula is C21H21N3O5S. The molecule has 0 saturated carbocycles. The van der Waals surface area contributed by atoms with Crippen molar-refractivity contribution in [2.75, 3.05) is 4.72 Å². The summed E-state index contributed by atoms with van der Waals surface area (Å²) >= 11 is 0. The van der Waals surface area contributed by atoms with Crippen molar-refractivity contribution in [3.63, 3.8) is 0 Å². The van der Waals surface area contributed by atoms with E-state index in [1.54, 1.807) is 37.3 Å². The van der Waals surface area contributed by atoms with Crippen LogP contribution in [0.1, 0.15) is 35.1 Å². The number of nitro groups is 1. The molecule has 0 radical (unpaired) electrons. The van der Waals surface area contributed by atoms with E-state index in [0.29, 0.717) is 16.8 Å². The van der Waals surface area contributed by atoms with E-state index < -0.39 is 14.9 Å². The molecule has 0 unspecified atom stereocenters. The standard InChI is InChI=1S/C21H21N3O5S/c1-4-16-7-10-18(11-8-16)23-30(27,28)20-13-17(6-5-14(20)2)9-12-19-21(24(25)26)15(3)22-29-19/h5-13,23H,4H2,1-3H3. The molecule has 30 heavy (non-hydrogen) atoms. The Labute approximate surface area is 174 Å². The summed E-state index contributed by atoms with van der Waals surface area (Å²) in [6.07, 6.45) is 3.81. The fourth-order valence-corrected chi connectivity index (χ4v) is 4.25. The van der Waals surface area contributed by atoms with Gasteiger partial charge >= 0.3 is 5.69 Å². The fourth-order valence-electron chi connectivity index (χ4n) is 2.91. The Hall–Kier alpha value is -3.46. The zero-order chi connectivity index (χ0) is 21.9. The fraction of sp³-hybridized carbons (Fsp3) is 0.190. The average molecular weight is 427 g/mol. The van der Waals surface area contributed by atoms with Crippen molar-refractivity contribution in [1.29, 1.82) is 0 Å². The smallest absolute Gasteiger partial charge is 0.338 e. The summed E-state index contributed by atoms with van der Waals surface area (Å²) < 4.78 is 33.4. The molecule has 0 fully saturated rings. The number of benzene rings is 2. The highest BCUT2D eigenvalue weighted by Crippen LogP contribution is 2.26. The van der Waals surface area contributed by atoms with E-state index in [2.05, 4.69) is 9.88 Å². The van der Waals surface area contributed by atoms with Gasteiger partial charge in [0.2, 0.25) is 5.76 Å². The van der Waals surface area contributed by atoms with Crippen LogP contribution >= 0.6 is 0 Å². The number of sulfonamides is 1. The molecule has 1 heterocycles. The summed E-state index contributed by atoms with van der Waals surface area (Å²) in [7, 11) is -3.81. The van der Waals surface area contributed by atoms with Gasteiger partial charge in [-0.2, -0.15) is 0 Å². The Bertz CT molecular complexity index is 1210. The lowest BCUT2D eigenvalue weighted by atomic mass is 10.1. The monoisotopic (exact) mass is 427 g/mol. The van der Waals surface area contributed by atoms with Gasteiger partial charge in [0.15, 0.2) is 5.69 Å². The molecule has 2 aromatic carbocycles. The van der Waals surface area contributed by atoms with E-state index in [0.717, 1.165) is 12.0 Å². The molecule has 9 heteroatoms. The van der Waals surface area contributed by atoms with Crippen LogP contribution in [-0.4, -0.2) is 18.5 Å². The van der Waals surface area contributed by atoms with Gasteiger partial charge in [-0.25, -0.2) is 8.42 Å². The van der Waals surface area contributed by atoms with Crippen LogP contribution in [-0.2, 0) is 16.4 Å². The van der Waals surface area contributed by atoms with Gasteiger partial charge in [0.1, 0.15) is 0 Å². The summed E-state index contributed by atoms with van der Waals surface area (Å²) in [5.74, 6) is -0.00313. The third-order valence-corrected chi connectivity index (χ3v) is 6.11. The number of anilines is 1. The lowest BCUT2D eigenvalue weighted by Gasteiger charge is -2.11. The van der Waals surface area contributed by atoms with Crippen molar-refractivity contribution in [2.24, 2.45) is 0 Å². The lowest BCUT2D eigenvalue weighted by molar-refractivity contribution is -0.386. The number of aryl methyl sites for hydroxylation is 3. The van der Waals surface area contributed by atoms with Gasteiger partial charge < -0.3 is 4.52 Å². The number of rotatable bonds is 7. The molecular weight excluding hydrogens is 406 g/mol. The van der Waals surface area contributed by atoms with E-state index in [1.807, 2.05) is 19.1 Å². The molecule has 0 saturated heterocycles. The molecule has 0 spiro atoms. The second-order valence-electron chi connectivity index (χ2n) is 6.75. The highest BCUT2D eigenvalue weighted by molar-refractivity contribution is 7.92. The first-order chi connectivity index (χ1) is 14.2. The second-order valence-corrected chi connectivity index (χ2v) is 8.40. The molecule has 156 valence electrons. The maximum atomic E-state index is 12.9. The molecule has 8 nitrogen and oxygen atoms in total. The van der Waals surface area contributed by atoms with Gasteiger partial charge in [-0.05, 0) is 61.2 Å². The largest absolute Gasteiger partial charge is 0.349 e.